The molecular formula is C28H38N6O2. The number of benzene rings is 1. The molecule has 6 rings (SSSR count). The molecule has 3 fully saturated rings. The van der Waals surface area contributed by atoms with Gasteiger partial charge in [-0.3, -0.25) is 14.3 Å². The van der Waals surface area contributed by atoms with E-state index in [0.717, 1.165) is 87.7 Å². The number of hydrogen-bond donors (Lipinski definition) is 2. The Balaban J connectivity index is 1.39. The summed E-state index contributed by atoms with van der Waals surface area (Å²) in [6.07, 6.45) is 7.16. The monoisotopic (exact) mass is 490 g/mol. The number of nitrogens with one attached hydrogen (secondary N) is 1. The third-order valence-corrected chi connectivity index (χ3v) is 8.42. The van der Waals surface area contributed by atoms with E-state index in [1.54, 1.807) is 0 Å². The quantitative estimate of drug-likeness (QED) is 0.491. The van der Waals surface area contributed by atoms with E-state index in [9.17, 15) is 9.90 Å². The van der Waals surface area contributed by atoms with Gasteiger partial charge in [-0.15, -0.1) is 0 Å². The Hall–Kier alpha value is -2.55. The van der Waals surface area contributed by atoms with Crippen molar-refractivity contribution in [2.45, 2.75) is 64.1 Å². The van der Waals surface area contributed by atoms with Gasteiger partial charge in [0.25, 0.3) is 5.56 Å². The number of aromatic nitrogens is 3. The molecule has 8 nitrogen and oxygen atoms in total. The highest BCUT2D eigenvalue weighted by molar-refractivity contribution is 6.04. The summed E-state index contributed by atoms with van der Waals surface area (Å²) >= 11 is 0. The van der Waals surface area contributed by atoms with Crippen LogP contribution in [-0.4, -0.2) is 74.8 Å². The van der Waals surface area contributed by atoms with E-state index in [1.165, 1.54) is 18.4 Å². The molecule has 0 spiro atoms. The number of likely N-dealkylation sites (N-methyl/N-ethyl adjacent to an activating group) is 1. The lowest BCUT2D eigenvalue weighted by Crippen LogP contribution is -2.45. The van der Waals surface area contributed by atoms with E-state index in [0.29, 0.717) is 17.5 Å². The predicted molar refractivity (Wildman–Crippen MR) is 143 cm³/mol. The van der Waals surface area contributed by atoms with Gasteiger partial charge in [-0.05, 0) is 68.0 Å². The zero-order valence-electron chi connectivity index (χ0n) is 21.3. The van der Waals surface area contributed by atoms with Gasteiger partial charge in [0.05, 0.1) is 6.10 Å². The first-order valence-electron chi connectivity index (χ1n) is 13.8. The summed E-state index contributed by atoms with van der Waals surface area (Å²) in [6, 6.07) is 6.39. The van der Waals surface area contributed by atoms with Gasteiger partial charge in [-0.2, -0.15) is 4.98 Å². The fourth-order valence-electron chi connectivity index (χ4n) is 5.89. The van der Waals surface area contributed by atoms with Crippen LogP contribution in [-0.2, 0) is 6.54 Å². The highest BCUT2D eigenvalue weighted by atomic mass is 16.3. The highest BCUT2D eigenvalue weighted by Gasteiger charge is 2.26. The summed E-state index contributed by atoms with van der Waals surface area (Å²) in [6.45, 7) is 9.39. The first-order chi connectivity index (χ1) is 17.6. The van der Waals surface area contributed by atoms with Crippen LogP contribution in [0.15, 0.2) is 29.2 Å². The maximum absolute atomic E-state index is 14.0. The van der Waals surface area contributed by atoms with E-state index in [-0.39, 0.29) is 17.7 Å². The SMILES string of the molecule is CCN1CCN(Cc2ccc3c(c2)c(=O)n(C2CCC(O)CC2)c2nc(NCC4CC4)ncc32)CC1. The van der Waals surface area contributed by atoms with Crippen LogP contribution in [0.5, 0.6) is 0 Å². The second-order valence-corrected chi connectivity index (χ2v) is 11.0. The van der Waals surface area contributed by atoms with Gasteiger partial charge in [-0.1, -0.05) is 19.1 Å². The summed E-state index contributed by atoms with van der Waals surface area (Å²) in [5.41, 5.74) is 1.92. The standard InChI is InChI=1S/C28H38N6O2/c1-2-32-11-13-33(14-12-32)18-20-5-10-23-24(15-20)27(36)34(21-6-8-22(35)9-7-21)26-25(23)17-30-28(31-26)29-16-19-3-4-19/h5,10,15,17,19,21-22,35H,2-4,6-9,11-14,16,18H2,1H3,(H,29,30,31). The van der Waals surface area contributed by atoms with Crippen molar-refractivity contribution in [2.24, 2.45) is 5.92 Å². The highest BCUT2D eigenvalue weighted by Crippen LogP contribution is 2.33. The summed E-state index contributed by atoms with van der Waals surface area (Å²) in [7, 11) is 0. The lowest BCUT2D eigenvalue weighted by molar-refractivity contribution is 0.111. The molecule has 2 aromatic heterocycles. The summed E-state index contributed by atoms with van der Waals surface area (Å²) in [5, 5.41) is 16.1. The molecule has 0 amide bonds. The largest absolute Gasteiger partial charge is 0.393 e. The van der Waals surface area contributed by atoms with Gasteiger partial charge in [0.15, 0.2) is 0 Å². The maximum atomic E-state index is 14.0. The third kappa shape index (κ3) is 4.86. The van der Waals surface area contributed by atoms with Gasteiger partial charge in [0, 0.05) is 62.3 Å². The van der Waals surface area contributed by atoms with E-state index >= 15 is 0 Å². The van der Waals surface area contributed by atoms with Crippen molar-refractivity contribution in [1.29, 1.82) is 0 Å². The molecule has 0 bridgehead atoms. The molecule has 1 saturated heterocycles. The Morgan fingerprint density at radius 2 is 1.72 bits per heavy atom. The Bertz CT molecular complexity index is 1290. The molecule has 2 N–H and O–H groups in total. The number of anilines is 1. The molecule has 1 aromatic carbocycles. The number of rotatable bonds is 7. The molecule has 2 aliphatic carbocycles. The van der Waals surface area contributed by atoms with Crippen LogP contribution >= 0.6 is 0 Å². The van der Waals surface area contributed by atoms with Crippen molar-refractivity contribution in [3.63, 3.8) is 0 Å². The van der Waals surface area contributed by atoms with Crippen LogP contribution in [0, 0.1) is 5.92 Å². The molecule has 36 heavy (non-hydrogen) atoms. The van der Waals surface area contributed by atoms with Crippen LogP contribution in [0.25, 0.3) is 21.8 Å². The van der Waals surface area contributed by atoms with Crippen LogP contribution < -0.4 is 10.9 Å². The van der Waals surface area contributed by atoms with Crippen molar-refractivity contribution >= 4 is 27.8 Å². The molecule has 2 saturated carbocycles. The van der Waals surface area contributed by atoms with E-state index < -0.39 is 0 Å². The van der Waals surface area contributed by atoms with E-state index in [1.807, 2.05) is 10.8 Å². The maximum Gasteiger partial charge on any atom is 0.260 e. The number of fused-ring (bicyclic) bond motifs is 3. The number of piperazine rings is 1. The van der Waals surface area contributed by atoms with Crippen molar-refractivity contribution in [3.8, 4) is 0 Å². The lowest BCUT2D eigenvalue weighted by Gasteiger charge is -2.34. The Kier molecular flexibility index (Phi) is 6.67. The van der Waals surface area contributed by atoms with Gasteiger partial charge < -0.3 is 15.3 Å². The van der Waals surface area contributed by atoms with Crippen molar-refractivity contribution in [2.75, 3.05) is 44.6 Å². The fraction of sp³-hybridized carbons (Fsp3) is 0.607. The second-order valence-electron chi connectivity index (χ2n) is 11.0. The van der Waals surface area contributed by atoms with Crippen LogP contribution in [0.2, 0.25) is 0 Å². The minimum absolute atomic E-state index is 0.0309. The normalized spacial score (nSPS) is 23.9. The Morgan fingerprint density at radius 3 is 2.44 bits per heavy atom. The van der Waals surface area contributed by atoms with Crippen LogP contribution in [0.4, 0.5) is 5.95 Å². The fourth-order valence-corrected chi connectivity index (χ4v) is 5.89. The molecule has 0 radical (unpaired) electrons. The number of pyridine rings is 1. The molecule has 1 aliphatic heterocycles. The zero-order valence-corrected chi connectivity index (χ0v) is 21.3. The molecule has 8 heteroatoms. The van der Waals surface area contributed by atoms with Crippen LogP contribution in [0.3, 0.4) is 0 Å². The smallest absolute Gasteiger partial charge is 0.260 e. The first kappa shape index (κ1) is 23.8. The minimum Gasteiger partial charge on any atom is -0.393 e. The summed E-state index contributed by atoms with van der Waals surface area (Å²) in [4.78, 5) is 28.5. The zero-order chi connectivity index (χ0) is 24.6. The van der Waals surface area contributed by atoms with Gasteiger partial charge in [-0.25, -0.2) is 4.98 Å². The van der Waals surface area contributed by atoms with E-state index in [2.05, 4.69) is 45.2 Å². The number of aliphatic hydroxyl groups excluding tert-OH is 1. The van der Waals surface area contributed by atoms with E-state index in [4.69, 9.17) is 4.98 Å². The number of hydrogen-bond acceptors (Lipinski definition) is 7. The topological polar surface area (TPSA) is 86.5 Å². The minimum atomic E-state index is -0.270. The molecular weight excluding hydrogens is 452 g/mol. The summed E-state index contributed by atoms with van der Waals surface area (Å²) < 4.78 is 1.91. The molecule has 3 aliphatic rings. The van der Waals surface area contributed by atoms with Gasteiger partial charge >= 0.3 is 0 Å². The van der Waals surface area contributed by atoms with Gasteiger partial charge in [0.2, 0.25) is 5.95 Å². The van der Waals surface area contributed by atoms with Crippen molar-refractivity contribution in [1.82, 2.24) is 24.3 Å². The third-order valence-electron chi connectivity index (χ3n) is 8.42. The molecule has 0 atom stereocenters. The molecule has 3 heterocycles. The second kappa shape index (κ2) is 10.1. The molecule has 192 valence electrons. The lowest BCUT2D eigenvalue weighted by atomic mass is 9.92. The number of nitrogens with zero attached hydrogens (tertiary/aromatic N) is 5. The van der Waals surface area contributed by atoms with Gasteiger partial charge in [0.1, 0.15) is 5.65 Å². The molecule has 3 aromatic rings. The molecule has 0 unspecified atom stereocenters. The van der Waals surface area contributed by atoms with Crippen molar-refractivity contribution < 1.29 is 5.11 Å². The predicted octanol–water partition coefficient (Wildman–Crippen LogP) is 3.38. The first-order valence-corrected chi connectivity index (χ1v) is 13.8. The average Bonchev–Trinajstić information content (AvgIpc) is 3.74. The number of aliphatic hydroxyl groups is 1. The Labute approximate surface area is 212 Å². The Morgan fingerprint density at radius 1 is 0.972 bits per heavy atom. The average molecular weight is 491 g/mol. The van der Waals surface area contributed by atoms with Crippen molar-refractivity contribution in [3.05, 3.63) is 40.3 Å². The van der Waals surface area contributed by atoms with Crippen LogP contribution in [0.1, 0.15) is 57.1 Å². The summed E-state index contributed by atoms with van der Waals surface area (Å²) in [5.74, 6) is 1.31.